The summed E-state index contributed by atoms with van der Waals surface area (Å²) < 4.78 is 17.0. The third kappa shape index (κ3) is 7.62. The van der Waals surface area contributed by atoms with Crippen LogP contribution in [0, 0.1) is 0 Å². The van der Waals surface area contributed by atoms with Gasteiger partial charge in [-0.15, -0.1) is 0 Å². The third-order valence-electron chi connectivity index (χ3n) is 3.06. The second kappa shape index (κ2) is 7.81. The number of alkyl carbamates (subject to hydrolysis) is 1. The van der Waals surface area contributed by atoms with E-state index in [0.717, 1.165) is 5.56 Å². The number of aliphatic imine (C=N–C) groups is 1. The maximum Gasteiger partial charge on any atom is 0.414 e. The molecular formula is C16H27N4O3P. The number of amides is 1. The summed E-state index contributed by atoms with van der Waals surface area (Å²) in [6.07, 6.45) is -0.132. The van der Waals surface area contributed by atoms with Crippen molar-refractivity contribution in [3.8, 4) is 0 Å². The van der Waals surface area contributed by atoms with Crippen molar-refractivity contribution in [1.29, 1.82) is 0 Å². The first-order chi connectivity index (χ1) is 10.9. The predicted molar refractivity (Wildman–Crippen MR) is 98.2 cm³/mol. The van der Waals surface area contributed by atoms with E-state index in [2.05, 4.69) is 10.3 Å². The number of guanidine groups is 1. The number of nitrogens with one attached hydrogen (secondary N) is 1. The number of benzene rings is 1. The lowest BCUT2D eigenvalue weighted by atomic mass is 10.1. The number of nitrogens with two attached hydrogens (primary N) is 2. The topological polar surface area (TPSA) is 120 Å². The second-order valence-electron chi connectivity index (χ2n) is 7.00. The smallest absolute Gasteiger partial charge is 0.414 e. The summed E-state index contributed by atoms with van der Waals surface area (Å²) in [5.41, 5.74) is 12.6. The molecule has 0 aliphatic carbocycles. The van der Waals surface area contributed by atoms with Crippen LogP contribution >= 0.6 is 7.14 Å². The molecule has 0 aliphatic rings. The molecule has 5 N–H and O–H groups in total. The van der Waals surface area contributed by atoms with Crippen molar-refractivity contribution in [1.82, 2.24) is 5.32 Å². The first-order valence-electron chi connectivity index (χ1n) is 7.60. The van der Waals surface area contributed by atoms with Crippen LogP contribution in [0.1, 0.15) is 26.3 Å². The predicted octanol–water partition coefficient (Wildman–Crippen LogP) is 2.61. The van der Waals surface area contributed by atoms with Crippen molar-refractivity contribution < 1.29 is 14.1 Å². The maximum atomic E-state index is 11.9. The van der Waals surface area contributed by atoms with Gasteiger partial charge in [0.05, 0.1) is 18.6 Å². The molecule has 0 saturated carbocycles. The summed E-state index contributed by atoms with van der Waals surface area (Å²) in [6, 6.07) is 7.19. The van der Waals surface area contributed by atoms with Crippen LogP contribution in [0.5, 0.6) is 0 Å². The molecule has 0 heterocycles. The average molecular weight is 354 g/mol. The van der Waals surface area contributed by atoms with Gasteiger partial charge in [-0.3, -0.25) is 5.32 Å². The molecule has 134 valence electrons. The van der Waals surface area contributed by atoms with Gasteiger partial charge in [0.1, 0.15) is 5.60 Å². The van der Waals surface area contributed by atoms with E-state index in [1.807, 2.05) is 12.1 Å². The fourth-order valence-electron chi connectivity index (χ4n) is 1.74. The molecule has 0 aliphatic heterocycles. The van der Waals surface area contributed by atoms with Crippen LogP contribution in [0.2, 0.25) is 0 Å². The zero-order valence-corrected chi connectivity index (χ0v) is 15.8. The van der Waals surface area contributed by atoms with Crippen LogP contribution < -0.4 is 16.8 Å². The molecule has 1 amide bonds. The van der Waals surface area contributed by atoms with E-state index < -0.39 is 18.8 Å². The Bertz CT molecular complexity index is 644. The van der Waals surface area contributed by atoms with E-state index in [1.165, 1.54) is 0 Å². The fraction of sp³-hybridized carbons (Fsp3) is 0.500. The van der Waals surface area contributed by atoms with Crippen molar-refractivity contribution in [2.45, 2.75) is 38.6 Å². The van der Waals surface area contributed by atoms with Crippen molar-refractivity contribution in [2.75, 3.05) is 13.3 Å². The van der Waals surface area contributed by atoms with Crippen LogP contribution in [-0.2, 0) is 15.7 Å². The van der Waals surface area contributed by atoms with Crippen molar-refractivity contribution in [3.63, 3.8) is 0 Å². The maximum absolute atomic E-state index is 11.9. The molecule has 1 rings (SSSR count). The number of carbonyl (C=O) groups excluding carboxylic acids is 1. The highest BCUT2D eigenvalue weighted by molar-refractivity contribution is 7.63. The largest absolute Gasteiger partial charge is 0.444 e. The summed E-state index contributed by atoms with van der Waals surface area (Å²) in [5, 5.41) is 2.36. The minimum atomic E-state index is -2.32. The van der Waals surface area contributed by atoms with Crippen LogP contribution in [0.4, 0.5) is 10.5 Å². The molecule has 0 aromatic heterocycles. The Morgan fingerprint density at radius 2 is 1.83 bits per heavy atom. The average Bonchev–Trinajstić information content (AvgIpc) is 2.37. The lowest BCUT2D eigenvalue weighted by Gasteiger charge is -2.19. The van der Waals surface area contributed by atoms with Gasteiger partial charge in [-0.2, -0.15) is 0 Å². The summed E-state index contributed by atoms with van der Waals surface area (Å²) in [7, 11) is -2.32. The molecule has 8 heteroatoms. The summed E-state index contributed by atoms with van der Waals surface area (Å²) in [4.78, 5) is 15.7. The second-order valence-corrected chi connectivity index (χ2v) is 10.5. The third-order valence-corrected chi connectivity index (χ3v) is 4.84. The van der Waals surface area contributed by atoms with Crippen molar-refractivity contribution >= 4 is 24.9 Å². The SMILES string of the molecule is CC(C)(C)OC(=O)NC(N)=Nc1ccc(CC(N)P(C)(C)=O)cc1. The molecular weight excluding hydrogens is 327 g/mol. The van der Waals surface area contributed by atoms with E-state index >= 15 is 0 Å². The van der Waals surface area contributed by atoms with Crippen molar-refractivity contribution in [2.24, 2.45) is 16.5 Å². The number of rotatable bonds is 4. The molecule has 24 heavy (non-hydrogen) atoms. The van der Waals surface area contributed by atoms with Crippen LogP contribution in [-0.4, -0.2) is 36.8 Å². The quantitative estimate of drug-likeness (QED) is 0.436. The summed E-state index contributed by atoms with van der Waals surface area (Å²) >= 11 is 0. The molecule has 1 aromatic carbocycles. The van der Waals surface area contributed by atoms with E-state index in [1.54, 1.807) is 46.2 Å². The Morgan fingerprint density at radius 1 is 1.29 bits per heavy atom. The number of ether oxygens (including phenoxy) is 1. The Balaban J connectivity index is 2.69. The van der Waals surface area contributed by atoms with E-state index in [4.69, 9.17) is 16.2 Å². The summed E-state index contributed by atoms with van der Waals surface area (Å²) in [5.74, 6) is -0.425. The lowest BCUT2D eigenvalue weighted by Crippen LogP contribution is -2.40. The van der Waals surface area contributed by atoms with Crippen LogP contribution in [0.3, 0.4) is 0 Å². The number of hydrogen-bond donors (Lipinski definition) is 3. The van der Waals surface area contributed by atoms with Gasteiger partial charge in [0, 0.05) is 0 Å². The first-order valence-corrected chi connectivity index (χ1v) is 10.3. The molecule has 7 nitrogen and oxygen atoms in total. The van der Waals surface area contributed by atoms with Gasteiger partial charge in [-0.05, 0) is 58.2 Å². The number of carbonyl (C=O) groups is 1. The molecule has 1 aromatic rings. The molecule has 0 fully saturated rings. The van der Waals surface area contributed by atoms with Crippen molar-refractivity contribution in [3.05, 3.63) is 29.8 Å². The number of nitrogens with zero attached hydrogens (tertiary/aromatic N) is 1. The van der Waals surface area contributed by atoms with Gasteiger partial charge < -0.3 is 20.8 Å². The van der Waals surface area contributed by atoms with Gasteiger partial charge >= 0.3 is 6.09 Å². The highest BCUT2D eigenvalue weighted by Gasteiger charge is 2.19. The first kappa shape index (κ1) is 20.2. The fourth-order valence-corrected chi connectivity index (χ4v) is 2.39. The Kier molecular flexibility index (Phi) is 6.58. The molecule has 0 saturated heterocycles. The van der Waals surface area contributed by atoms with Crippen LogP contribution in [0.15, 0.2) is 29.3 Å². The molecule has 1 atom stereocenters. The zero-order valence-electron chi connectivity index (χ0n) is 14.9. The van der Waals surface area contributed by atoms with Gasteiger partial charge in [0.2, 0.25) is 5.96 Å². The van der Waals surface area contributed by atoms with Gasteiger partial charge in [0.25, 0.3) is 0 Å². The monoisotopic (exact) mass is 354 g/mol. The molecule has 0 bridgehead atoms. The molecule has 1 unspecified atom stereocenters. The Labute approximate surface area is 143 Å². The Morgan fingerprint density at radius 3 is 2.29 bits per heavy atom. The van der Waals surface area contributed by atoms with E-state index in [0.29, 0.717) is 12.1 Å². The standard InChI is InChI=1S/C16H27N4O3P/c1-16(2,3)23-15(21)20-14(18)19-12-8-6-11(7-9-12)10-13(17)24(4,5)22/h6-9,13H,10,17H2,1-5H3,(H3,18,19,20,21). The molecule has 0 spiro atoms. The normalized spacial score (nSPS) is 14.2. The minimum absolute atomic E-state index is 0.0553. The summed E-state index contributed by atoms with van der Waals surface area (Å²) in [6.45, 7) is 8.64. The zero-order chi connectivity index (χ0) is 18.5. The lowest BCUT2D eigenvalue weighted by molar-refractivity contribution is 0.0562. The van der Waals surface area contributed by atoms with Gasteiger partial charge in [-0.1, -0.05) is 12.1 Å². The van der Waals surface area contributed by atoms with Gasteiger partial charge in [0.15, 0.2) is 0 Å². The number of hydrogen-bond acceptors (Lipinski definition) is 5. The highest BCUT2D eigenvalue weighted by atomic mass is 31.2. The van der Waals surface area contributed by atoms with E-state index in [9.17, 15) is 9.36 Å². The Hall–Kier alpha value is -1.85. The highest BCUT2D eigenvalue weighted by Crippen LogP contribution is 2.40. The minimum Gasteiger partial charge on any atom is -0.444 e. The van der Waals surface area contributed by atoms with Gasteiger partial charge in [-0.25, -0.2) is 9.79 Å². The molecule has 0 radical (unpaired) electrons. The van der Waals surface area contributed by atoms with Crippen LogP contribution in [0.25, 0.3) is 0 Å². The van der Waals surface area contributed by atoms with E-state index in [-0.39, 0.29) is 11.7 Å².